The number of nitrogen functional groups attached to an aromatic ring is 1. The van der Waals surface area contributed by atoms with Crippen LogP contribution in [-0.4, -0.2) is 53.2 Å². The van der Waals surface area contributed by atoms with Gasteiger partial charge in [0.05, 0.1) is 19.0 Å². The highest BCUT2D eigenvalue weighted by molar-refractivity contribution is 7.46. The van der Waals surface area contributed by atoms with Crippen LogP contribution in [0.1, 0.15) is 12.6 Å². The second-order valence-electron chi connectivity index (χ2n) is 4.80. The lowest BCUT2D eigenvalue weighted by Crippen LogP contribution is -2.25. The summed E-state index contributed by atoms with van der Waals surface area (Å²) in [7, 11) is -4.62. The third kappa shape index (κ3) is 2.95. The van der Waals surface area contributed by atoms with Crippen molar-refractivity contribution < 1.29 is 28.7 Å². The maximum Gasteiger partial charge on any atom is 0.469 e. The quantitative estimate of drug-likeness (QED) is 0.519. The van der Waals surface area contributed by atoms with E-state index in [0.29, 0.717) is 11.2 Å². The molecule has 0 aliphatic carbocycles. The highest BCUT2D eigenvalue weighted by Gasteiger charge is 2.37. The Morgan fingerprint density at radius 3 is 2.95 bits per heavy atom. The Kier molecular flexibility index (Phi) is 3.85. The second kappa shape index (κ2) is 5.54. The predicted octanol–water partition coefficient (Wildman–Crippen LogP) is -0.834. The van der Waals surface area contributed by atoms with Gasteiger partial charge in [-0.15, -0.1) is 0 Å². The number of aliphatic hydroxyl groups excluding tert-OH is 1. The zero-order valence-electron chi connectivity index (χ0n) is 11.2. The summed E-state index contributed by atoms with van der Waals surface area (Å²) in [4.78, 5) is 29.4. The van der Waals surface area contributed by atoms with Crippen LogP contribution in [0.25, 0.3) is 11.2 Å². The Bertz CT molecular complexity index is 732. The van der Waals surface area contributed by atoms with E-state index in [2.05, 4.69) is 19.5 Å². The minimum atomic E-state index is -4.62. The largest absolute Gasteiger partial charge is 0.469 e. The van der Waals surface area contributed by atoms with E-state index in [9.17, 15) is 9.67 Å². The number of nitrogens with zero attached hydrogens (tertiary/aromatic N) is 4. The number of aromatic nitrogens is 4. The SMILES string of the molecule is Nc1ncnc2c1ncn2[C@H]1CC(O)[C@@H](COP(=O)(O)O)O1. The van der Waals surface area contributed by atoms with E-state index in [1.165, 1.54) is 12.7 Å². The van der Waals surface area contributed by atoms with Crippen molar-refractivity contribution in [3.63, 3.8) is 0 Å². The van der Waals surface area contributed by atoms with E-state index in [1.807, 2.05) is 0 Å². The molecule has 1 unspecified atom stereocenters. The first-order valence-electron chi connectivity index (χ1n) is 6.32. The van der Waals surface area contributed by atoms with Crippen molar-refractivity contribution >= 4 is 24.8 Å². The van der Waals surface area contributed by atoms with Crippen molar-refractivity contribution in [2.24, 2.45) is 0 Å². The summed E-state index contributed by atoms with van der Waals surface area (Å²) in [6.45, 7) is -0.425. The summed E-state index contributed by atoms with van der Waals surface area (Å²) in [5.41, 5.74) is 6.55. The van der Waals surface area contributed by atoms with E-state index in [0.717, 1.165) is 0 Å². The van der Waals surface area contributed by atoms with Gasteiger partial charge in [-0.3, -0.25) is 9.09 Å². The van der Waals surface area contributed by atoms with Gasteiger partial charge in [0, 0.05) is 6.42 Å². The first-order valence-corrected chi connectivity index (χ1v) is 7.85. The van der Waals surface area contributed by atoms with Gasteiger partial charge in [-0.2, -0.15) is 0 Å². The lowest BCUT2D eigenvalue weighted by Gasteiger charge is -2.16. The third-order valence-corrected chi connectivity index (χ3v) is 3.79. The minimum absolute atomic E-state index is 0.199. The molecule has 3 heterocycles. The van der Waals surface area contributed by atoms with Gasteiger partial charge in [-0.05, 0) is 0 Å². The first kappa shape index (κ1) is 15.3. The van der Waals surface area contributed by atoms with Gasteiger partial charge in [-0.25, -0.2) is 19.5 Å². The van der Waals surface area contributed by atoms with E-state index in [1.54, 1.807) is 4.57 Å². The molecular weight excluding hydrogens is 317 g/mol. The molecule has 3 rings (SSSR count). The van der Waals surface area contributed by atoms with Gasteiger partial charge in [-0.1, -0.05) is 0 Å². The fraction of sp³-hybridized carbons (Fsp3) is 0.500. The van der Waals surface area contributed by atoms with Crippen LogP contribution in [0.15, 0.2) is 12.7 Å². The highest BCUT2D eigenvalue weighted by Crippen LogP contribution is 2.38. The maximum atomic E-state index is 10.7. The maximum absolute atomic E-state index is 10.7. The molecule has 2 aromatic heterocycles. The number of hydrogen-bond acceptors (Lipinski definition) is 8. The van der Waals surface area contributed by atoms with Crippen molar-refractivity contribution in [3.8, 4) is 0 Å². The number of hydrogen-bond donors (Lipinski definition) is 4. The molecule has 3 atom stereocenters. The highest BCUT2D eigenvalue weighted by atomic mass is 31.2. The van der Waals surface area contributed by atoms with Crippen LogP contribution in [0.3, 0.4) is 0 Å². The van der Waals surface area contributed by atoms with Crippen molar-refractivity contribution in [1.82, 2.24) is 19.5 Å². The number of ether oxygens (including phenoxy) is 1. The van der Waals surface area contributed by atoms with Crippen LogP contribution in [0.2, 0.25) is 0 Å². The normalized spacial score (nSPS) is 25.9. The minimum Gasteiger partial charge on any atom is -0.390 e. The summed E-state index contributed by atoms with van der Waals surface area (Å²) in [5.74, 6) is 0.226. The Morgan fingerprint density at radius 1 is 1.45 bits per heavy atom. The first-order chi connectivity index (χ1) is 10.3. The second-order valence-corrected chi connectivity index (χ2v) is 6.04. The van der Waals surface area contributed by atoms with Crippen molar-refractivity contribution in [2.45, 2.75) is 24.9 Å². The average Bonchev–Trinajstić information content (AvgIpc) is 3.00. The van der Waals surface area contributed by atoms with Gasteiger partial charge in [0.15, 0.2) is 11.5 Å². The molecule has 5 N–H and O–H groups in total. The molecule has 0 spiro atoms. The molecule has 22 heavy (non-hydrogen) atoms. The van der Waals surface area contributed by atoms with E-state index in [4.69, 9.17) is 20.3 Å². The number of imidazole rings is 1. The van der Waals surface area contributed by atoms with Gasteiger partial charge >= 0.3 is 7.82 Å². The number of phosphoric ester groups is 1. The van der Waals surface area contributed by atoms with Gasteiger partial charge in [0.1, 0.15) is 24.2 Å². The number of fused-ring (bicyclic) bond motifs is 1. The molecule has 0 bridgehead atoms. The van der Waals surface area contributed by atoms with Crippen molar-refractivity contribution in [2.75, 3.05) is 12.3 Å². The van der Waals surface area contributed by atoms with Crippen LogP contribution in [0.4, 0.5) is 5.82 Å². The van der Waals surface area contributed by atoms with Gasteiger partial charge in [0.25, 0.3) is 0 Å². The van der Waals surface area contributed by atoms with Crippen molar-refractivity contribution in [3.05, 3.63) is 12.7 Å². The summed E-state index contributed by atoms with van der Waals surface area (Å²) in [5, 5.41) is 9.93. The smallest absolute Gasteiger partial charge is 0.390 e. The number of rotatable bonds is 4. The number of phosphoric acid groups is 1. The fourth-order valence-electron chi connectivity index (χ4n) is 2.29. The average molecular weight is 331 g/mol. The molecule has 0 aromatic carbocycles. The summed E-state index contributed by atoms with van der Waals surface area (Å²) < 4.78 is 22.2. The molecule has 12 heteroatoms. The van der Waals surface area contributed by atoms with Crippen LogP contribution in [-0.2, 0) is 13.8 Å². The molecule has 1 aliphatic rings. The number of anilines is 1. The van der Waals surface area contributed by atoms with E-state index >= 15 is 0 Å². The van der Waals surface area contributed by atoms with Gasteiger partial charge < -0.3 is 25.4 Å². The monoisotopic (exact) mass is 331 g/mol. The third-order valence-electron chi connectivity index (χ3n) is 3.31. The Balaban J connectivity index is 1.78. The molecular formula is C10H14N5O6P. The summed E-state index contributed by atoms with van der Waals surface area (Å²) in [6, 6.07) is 0. The van der Waals surface area contributed by atoms with Crippen LogP contribution >= 0.6 is 7.82 Å². The zero-order valence-corrected chi connectivity index (χ0v) is 12.1. The molecule has 1 aliphatic heterocycles. The summed E-state index contributed by atoms with van der Waals surface area (Å²) in [6.07, 6.45) is 0.543. The van der Waals surface area contributed by atoms with E-state index in [-0.39, 0.29) is 12.2 Å². The Hall–Kier alpha value is -1.62. The Morgan fingerprint density at radius 2 is 2.23 bits per heavy atom. The van der Waals surface area contributed by atoms with Gasteiger partial charge in [0.2, 0.25) is 0 Å². The lowest BCUT2D eigenvalue weighted by molar-refractivity contribution is -0.0424. The van der Waals surface area contributed by atoms with E-state index < -0.39 is 32.9 Å². The standard InChI is InChI=1S/C10H14N5O6P/c11-9-8-10(13-3-12-9)15(4-14-8)7-1-5(16)6(21-7)2-20-22(17,18)19/h3-7,16H,1-2H2,(H2,11,12,13)(H2,17,18,19)/t5?,6-,7-/m1/s1. The lowest BCUT2D eigenvalue weighted by atomic mass is 10.2. The van der Waals surface area contributed by atoms with Crippen LogP contribution in [0, 0.1) is 0 Å². The molecule has 0 saturated carbocycles. The fourth-order valence-corrected chi connectivity index (χ4v) is 2.63. The molecule has 0 radical (unpaired) electrons. The molecule has 2 aromatic rings. The number of aliphatic hydroxyl groups is 1. The van der Waals surface area contributed by atoms with Crippen LogP contribution in [0.5, 0.6) is 0 Å². The Labute approximate surface area is 124 Å². The summed E-state index contributed by atoms with van der Waals surface area (Å²) >= 11 is 0. The topological polar surface area (TPSA) is 166 Å². The van der Waals surface area contributed by atoms with Crippen LogP contribution < -0.4 is 5.73 Å². The zero-order chi connectivity index (χ0) is 15.9. The molecule has 11 nitrogen and oxygen atoms in total. The number of nitrogens with two attached hydrogens (primary N) is 1. The van der Waals surface area contributed by atoms with Crippen molar-refractivity contribution in [1.29, 1.82) is 0 Å². The predicted molar refractivity (Wildman–Crippen MR) is 72.3 cm³/mol. The molecule has 1 saturated heterocycles. The molecule has 120 valence electrons. The molecule has 1 fully saturated rings. The molecule has 0 amide bonds.